The third-order valence-corrected chi connectivity index (χ3v) is 3.43. The van der Waals surface area contributed by atoms with E-state index >= 15 is 0 Å². The number of benzene rings is 1. The normalized spacial score (nSPS) is 19.1. The number of carboxylic acids is 1. The van der Waals surface area contributed by atoms with Gasteiger partial charge in [-0.05, 0) is 43.6 Å². The van der Waals surface area contributed by atoms with Crippen molar-refractivity contribution in [2.24, 2.45) is 0 Å². The van der Waals surface area contributed by atoms with Crippen molar-refractivity contribution in [1.82, 2.24) is 4.90 Å². The molecule has 1 saturated heterocycles. The van der Waals surface area contributed by atoms with Crippen molar-refractivity contribution in [2.75, 3.05) is 13.1 Å². The van der Waals surface area contributed by atoms with E-state index in [4.69, 9.17) is 0 Å². The highest BCUT2D eigenvalue weighted by atomic mass is 16.4. The second kappa shape index (κ2) is 5.87. The molecule has 1 heterocycles. The van der Waals surface area contributed by atoms with Crippen LogP contribution in [0.15, 0.2) is 24.3 Å². The highest BCUT2D eigenvalue weighted by Gasteiger charge is 2.27. The molecule has 1 aliphatic rings. The van der Waals surface area contributed by atoms with E-state index in [9.17, 15) is 15.0 Å². The maximum atomic E-state index is 11.5. The molecule has 1 atom stereocenters. The smallest absolute Gasteiger partial charge is 0.325 e. The highest BCUT2D eigenvalue weighted by Crippen LogP contribution is 2.26. The van der Waals surface area contributed by atoms with Gasteiger partial charge in [0.25, 0.3) is 0 Å². The van der Waals surface area contributed by atoms with Crippen LogP contribution in [0.1, 0.15) is 37.3 Å². The van der Waals surface area contributed by atoms with Crippen LogP contribution in [0.3, 0.4) is 0 Å². The minimum absolute atomic E-state index is 0.119. The van der Waals surface area contributed by atoms with Gasteiger partial charge in [0.1, 0.15) is 11.8 Å². The van der Waals surface area contributed by atoms with E-state index in [1.807, 2.05) is 4.90 Å². The number of aliphatic carboxylic acids is 1. The zero-order chi connectivity index (χ0) is 13.0. The zero-order valence-electron chi connectivity index (χ0n) is 10.4. The van der Waals surface area contributed by atoms with Gasteiger partial charge in [0.2, 0.25) is 0 Å². The molecule has 0 spiro atoms. The fourth-order valence-corrected chi connectivity index (χ4v) is 2.56. The molecule has 18 heavy (non-hydrogen) atoms. The van der Waals surface area contributed by atoms with Crippen LogP contribution in [-0.2, 0) is 4.79 Å². The fourth-order valence-electron chi connectivity index (χ4n) is 2.56. The molecule has 4 nitrogen and oxygen atoms in total. The molecular weight excluding hydrogens is 230 g/mol. The van der Waals surface area contributed by atoms with Crippen LogP contribution in [0.25, 0.3) is 0 Å². The molecule has 0 bridgehead atoms. The molecule has 2 N–H and O–H groups in total. The minimum Gasteiger partial charge on any atom is -0.508 e. The van der Waals surface area contributed by atoms with Gasteiger partial charge < -0.3 is 10.2 Å². The molecule has 1 aromatic rings. The Kier molecular flexibility index (Phi) is 4.20. The van der Waals surface area contributed by atoms with Crippen molar-refractivity contribution in [2.45, 2.75) is 31.7 Å². The van der Waals surface area contributed by atoms with Crippen LogP contribution in [0.4, 0.5) is 0 Å². The summed E-state index contributed by atoms with van der Waals surface area (Å²) in [5.41, 5.74) is 0.657. The zero-order valence-corrected chi connectivity index (χ0v) is 10.4. The van der Waals surface area contributed by atoms with Gasteiger partial charge in [-0.2, -0.15) is 0 Å². The topological polar surface area (TPSA) is 60.8 Å². The Morgan fingerprint density at radius 3 is 2.39 bits per heavy atom. The third kappa shape index (κ3) is 3.01. The van der Waals surface area contributed by atoms with Crippen LogP contribution in [0, 0.1) is 0 Å². The number of carbonyl (C=O) groups is 1. The number of hydrogen-bond donors (Lipinski definition) is 2. The van der Waals surface area contributed by atoms with E-state index in [0.717, 1.165) is 25.9 Å². The molecule has 0 radical (unpaired) electrons. The van der Waals surface area contributed by atoms with Crippen LogP contribution in [0.5, 0.6) is 5.75 Å². The molecule has 0 saturated carbocycles. The lowest BCUT2D eigenvalue weighted by Gasteiger charge is -2.27. The number of likely N-dealkylation sites (tertiary alicyclic amines) is 1. The lowest BCUT2D eigenvalue weighted by molar-refractivity contribution is -0.143. The summed E-state index contributed by atoms with van der Waals surface area (Å²) < 4.78 is 0. The Morgan fingerprint density at radius 2 is 1.83 bits per heavy atom. The van der Waals surface area contributed by atoms with E-state index < -0.39 is 12.0 Å². The van der Waals surface area contributed by atoms with Crippen molar-refractivity contribution >= 4 is 5.97 Å². The van der Waals surface area contributed by atoms with Gasteiger partial charge in [0.15, 0.2) is 0 Å². The van der Waals surface area contributed by atoms with Crippen molar-refractivity contribution in [3.8, 4) is 5.75 Å². The lowest BCUT2D eigenvalue weighted by atomic mass is 10.0. The first kappa shape index (κ1) is 12.9. The predicted octanol–water partition coefficient (Wildman–Crippen LogP) is 2.39. The highest BCUT2D eigenvalue weighted by molar-refractivity contribution is 5.75. The summed E-state index contributed by atoms with van der Waals surface area (Å²) in [6.07, 6.45) is 4.43. The number of rotatable bonds is 3. The van der Waals surface area contributed by atoms with Crippen LogP contribution < -0.4 is 0 Å². The summed E-state index contributed by atoms with van der Waals surface area (Å²) in [7, 11) is 0. The molecular formula is C14H19NO3. The molecule has 1 aromatic carbocycles. The van der Waals surface area contributed by atoms with Gasteiger partial charge in [0, 0.05) is 0 Å². The molecule has 1 aliphatic heterocycles. The number of nitrogens with zero attached hydrogens (tertiary/aromatic N) is 1. The van der Waals surface area contributed by atoms with E-state index in [2.05, 4.69) is 0 Å². The lowest BCUT2D eigenvalue weighted by Crippen LogP contribution is -2.34. The quantitative estimate of drug-likeness (QED) is 0.863. The van der Waals surface area contributed by atoms with E-state index in [0.29, 0.717) is 5.56 Å². The third-order valence-electron chi connectivity index (χ3n) is 3.43. The van der Waals surface area contributed by atoms with Crippen molar-refractivity contribution in [3.05, 3.63) is 29.8 Å². The second-order valence-corrected chi connectivity index (χ2v) is 4.79. The average Bonchev–Trinajstić information content (AvgIpc) is 2.58. The van der Waals surface area contributed by atoms with Crippen molar-refractivity contribution in [3.63, 3.8) is 0 Å². The summed E-state index contributed by atoms with van der Waals surface area (Å²) in [5, 5.41) is 18.9. The maximum Gasteiger partial charge on any atom is 0.325 e. The van der Waals surface area contributed by atoms with Crippen LogP contribution in [0.2, 0.25) is 0 Å². The van der Waals surface area contributed by atoms with Gasteiger partial charge in [-0.3, -0.25) is 9.69 Å². The molecule has 2 rings (SSSR count). The van der Waals surface area contributed by atoms with Gasteiger partial charge in [-0.1, -0.05) is 25.0 Å². The van der Waals surface area contributed by atoms with E-state index in [1.54, 1.807) is 24.3 Å². The largest absolute Gasteiger partial charge is 0.508 e. The summed E-state index contributed by atoms with van der Waals surface area (Å²) >= 11 is 0. The Labute approximate surface area is 107 Å². The van der Waals surface area contributed by atoms with E-state index in [-0.39, 0.29) is 5.75 Å². The first-order valence-corrected chi connectivity index (χ1v) is 6.44. The first-order chi connectivity index (χ1) is 8.68. The van der Waals surface area contributed by atoms with Crippen molar-refractivity contribution in [1.29, 1.82) is 0 Å². The number of phenolic OH excluding ortho intramolecular Hbond substituents is 1. The van der Waals surface area contributed by atoms with E-state index in [1.165, 1.54) is 12.8 Å². The number of carboxylic acid groups (broad SMARTS) is 1. The Morgan fingerprint density at radius 1 is 1.17 bits per heavy atom. The molecule has 98 valence electrons. The Bertz CT molecular complexity index is 411. The SMILES string of the molecule is O=C(O)C(c1cccc(O)c1)N1CCCCCC1. The van der Waals surface area contributed by atoms with Crippen LogP contribution in [-0.4, -0.2) is 34.2 Å². The molecule has 1 unspecified atom stereocenters. The van der Waals surface area contributed by atoms with Gasteiger partial charge in [-0.15, -0.1) is 0 Å². The summed E-state index contributed by atoms with van der Waals surface area (Å²) in [6, 6.07) is 5.92. The summed E-state index contributed by atoms with van der Waals surface area (Å²) in [6.45, 7) is 1.62. The first-order valence-electron chi connectivity index (χ1n) is 6.44. The van der Waals surface area contributed by atoms with Gasteiger partial charge in [0.05, 0.1) is 0 Å². The maximum absolute atomic E-state index is 11.5. The van der Waals surface area contributed by atoms with Gasteiger partial charge >= 0.3 is 5.97 Å². The molecule has 1 fully saturated rings. The standard InChI is InChI=1S/C14H19NO3/c16-12-7-5-6-11(10-12)13(14(17)18)15-8-3-1-2-4-9-15/h5-7,10,13,16H,1-4,8-9H2,(H,17,18). The second-order valence-electron chi connectivity index (χ2n) is 4.79. The molecule has 0 amide bonds. The summed E-state index contributed by atoms with van der Waals surface area (Å²) in [5.74, 6) is -0.726. The molecule has 4 heteroatoms. The van der Waals surface area contributed by atoms with Gasteiger partial charge in [-0.25, -0.2) is 0 Å². The Hall–Kier alpha value is -1.55. The number of hydrogen-bond acceptors (Lipinski definition) is 3. The number of aromatic hydroxyl groups is 1. The predicted molar refractivity (Wildman–Crippen MR) is 68.5 cm³/mol. The van der Waals surface area contributed by atoms with Crippen LogP contribution >= 0.6 is 0 Å². The average molecular weight is 249 g/mol. The Balaban J connectivity index is 2.24. The molecule has 0 aromatic heterocycles. The summed E-state index contributed by atoms with van der Waals surface area (Å²) in [4.78, 5) is 13.5. The fraction of sp³-hybridized carbons (Fsp3) is 0.500. The monoisotopic (exact) mass is 249 g/mol. The molecule has 0 aliphatic carbocycles. The van der Waals surface area contributed by atoms with Crippen molar-refractivity contribution < 1.29 is 15.0 Å². The number of phenols is 1. The minimum atomic E-state index is -0.845.